The van der Waals surface area contributed by atoms with Gasteiger partial charge in [0.15, 0.2) is 16.6 Å². The molecule has 2 heterocycles. The normalized spacial score (nSPS) is 14.6. The molecule has 4 rings (SSSR count). The van der Waals surface area contributed by atoms with E-state index in [1.165, 1.54) is 0 Å². The Morgan fingerprint density at radius 3 is 2.85 bits per heavy atom. The third-order valence-corrected chi connectivity index (χ3v) is 5.71. The minimum atomic E-state index is -0.206. The lowest BCUT2D eigenvalue weighted by molar-refractivity contribution is 0.134. The Labute approximate surface area is 165 Å². The van der Waals surface area contributed by atoms with Gasteiger partial charge < -0.3 is 14.8 Å². The number of methoxy groups -OCH3 is 1. The van der Waals surface area contributed by atoms with Crippen molar-refractivity contribution in [2.75, 3.05) is 12.4 Å². The molecule has 0 saturated heterocycles. The van der Waals surface area contributed by atoms with E-state index in [9.17, 15) is 0 Å². The van der Waals surface area contributed by atoms with Crippen LogP contribution in [0.15, 0.2) is 46.3 Å². The summed E-state index contributed by atoms with van der Waals surface area (Å²) in [7, 11) is 1.68. The highest BCUT2D eigenvalue weighted by Crippen LogP contribution is 2.44. The lowest BCUT2D eigenvalue weighted by Gasteiger charge is -2.17. The second kappa shape index (κ2) is 6.59. The van der Waals surface area contributed by atoms with Gasteiger partial charge in [0.05, 0.1) is 18.5 Å². The van der Waals surface area contributed by atoms with Crippen molar-refractivity contribution in [3.05, 3.63) is 51.8 Å². The number of nitrogens with zero attached hydrogens (tertiary/aromatic N) is 1. The van der Waals surface area contributed by atoms with Crippen LogP contribution in [0.25, 0.3) is 11.3 Å². The van der Waals surface area contributed by atoms with Crippen LogP contribution in [0.5, 0.6) is 11.5 Å². The monoisotopic (exact) mass is 430 g/mol. The fraction of sp³-hybridized carbons (Fsp3) is 0.250. The van der Waals surface area contributed by atoms with Crippen LogP contribution in [-0.4, -0.2) is 17.7 Å². The number of rotatable bonds is 4. The first-order valence-electron chi connectivity index (χ1n) is 8.32. The van der Waals surface area contributed by atoms with Gasteiger partial charge in [-0.15, -0.1) is 11.3 Å². The number of thiazole rings is 1. The summed E-state index contributed by atoms with van der Waals surface area (Å²) < 4.78 is 12.6. The molecule has 0 atom stereocenters. The smallest absolute Gasteiger partial charge is 0.187 e. The zero-order chi connectivity index (χ0) is 18.3. The van der Waals surface area contributed by atoms with Gasteiger partial charge in [-0.2, -0.15) is 0 Å². The molecule has 4 nitrogen and oxygen atoms in total. The molecular weight excluding hydrogens is 412 g/mol. The topological polar surface area (TPSA) is 43.4 Å². The average molecular weight is 431 g/mol. The standard InChI is InChI=1S/C20H19BrN2O2S/c1-20(2)10-13-8-12(9-17(24-3)18(13)25-20)16-11-26-19(23-16)22-15-7-5-4-6-14(15)21/h4-9,11H,10H2,1-3H3,(H,22,23). The Balaban J connectivity index is 1.65. The predicted octanol–water partition coefficient (Wildman–Crippen LogP) is 6.04. The number of ether oxygens (including phenoxy) is 2. The van der Waals surface area contributed by atoms with Gasteiger partial charge in [-0.1, -0.05) is 12.1 Å². The van der Waals surface area contributed by atoms with E-state index >= 15 is 0 Å². The first-order chi connectivity index (χ1) is 12.4. The van der Waals surface area contributed by atoms with E-state index in [0.717, 1.165) is 50.0 Å². The SMILES string of the molecule is COc1cc(-c2csc(Nc3ccccc3Br)n2)cc2c1OC(C)(C)C2. The van der Waals surface area contributed by atoms with E-state index in [-0.39, 0.29) is 5.60 Å². The van der Waals surface area contributed by atoms with Crippen LogP contribution >= 0.6 is 27.3 Å². The summed E-state index contributed by atoms with van der Waals surface area (Å²) in [5.41, 5.74) is 3.92. The molecule has 0 bridgehead atoms. The molecule has 0 saturated carbocycles. The Hall–Kier alpha value is -2.05. The third kappa shape index (κ3) is 3.31. The van der Waals surface area contributed by atoms with E-state index in [1.54, 1.807) is 18.4 Å². The number of anilines is 2. The fourth-order valence-corrected chi connectivity index (χ4v) is 4.24. The van der Waals surface area contributed by atoms with Gasteiger partial charge in [-0.05, 0) is 54.0 Å². The van der Waals surface area contributed by atoms with Crippen molar-refractivity contribution in [1.29, 1.82) is 0 Å². The van der Waals surface area contributed by atoms with Crippen molar-refractivity contribution >= 4 is 38.1 Å². The third-order valence-electron chi connectivity index (χ3n) is 4.26. The van der Waals surface area contributed by atoms with Gasteiger partial charge in [0.25, 0.3) is 0 Å². The Morgan fingerprint density at radius 2 is 2.08 bits per heavy atom. The van der Waals surface area contributed by atoms with Crippen molar-refractivity contribution in [1.82, 2.24) is 4.98 Å². The number of fused-ring (bicyclic) bond motifs is 1. The van der Waals surface area contributed by atoms with E-state index in [4.69, 9.17) is 14.5 Å². The molecule has 1 aromatic heterocycles. The molecule has 1 aliphatic rings. The molecule has 26 heavy (non-hydrogen) atoms. The molecule has 0 fully saturated rings. The number of hydrogen-bond donors (Lipinski definition) is 1. The van der Waals surface area contributed by atoms with E-state index in [2.05, 4.69) is 46.5 Å². The summed E-state index contributed by atoms with van der Waals surface area (Å²) in [5.74, 6) is 1.61. The minimum absolute atomic E-state index is 0.206. The van der Waals surface area contributed by atoms with Crippen LogP contribution in [0.2, 0.25) is 0 Å². The maximum Gasteiger partial charge on any atom is 0.187 e. The average Bonchev–Trinajstić information content (AvgIpc) is 3.18. The van der Waals surface area contributed by atoms with E-state index in [1.807, 2.05) is 30.3 Å². The van der Waals surface area contributed by atoms with Gasteiger partial charge in [0, 0.05) is 27.4 Å². The highest BCUT2D eigenvalue weighted by atomic mass is 79.9. The highest BCUT2D eigenvalue weighted by molar-refractivity contribution is 9.10. The summed E-state index contributed by atoms with van der Waals surface area (Å²) in [6.07, 6.45) is 0.860. The Morgan fingerprint density at radius 1 is 1.27 bits per heavy atom. The fourth-order valence-electron chi connectivity index (χ4n) is 3.12. The highest BCUT2D eigenvalue weighted by Gasteiger charge is 2.33. The van der Waals surface area contributed by atoms with Crippen molar-refractivity contribution in [2.45, 2.75) is 25.9 Å². The summed E-state index contributed by atoms with van der Waals surface area (Å²) in [5, 5.41) is 6.27. The van der Waals surface area contributed by atoms with Crippen LogP contribution in [0, 0.1) is 0 Å². The summed E-state index contributed by atoms with van der Waals surface area (Å²) in [4.78, 5) is 4.74. The van der Waals surface area contributed by atoms with Crippen molar-refractivity contribution in [3.63, 3.8) is 0 Å². The lowest BCUT2D eigenvalue weighted by atomic mass is 9.99. The Kier molecular flexibility index (Phi) is 4.40. The number of hydrogen-bond acceptors (Lipinski definition) is 5. The minimum Gasteiger partial charge on any atom is -0.493 e. The van der Waals surface area contributed by atoms with E-state index < -0.39 is 0 Å². The second-order valence-electron chi connectivity index (χ2n) is 6.85. The maximum atomic E-state index is 6.04. The number of para-hydroxylation sites is 1. The molecule has 1 N–H and O–H groups in total. The number of nitrogens with one attached hydrogen (secondary N) is 1. The van der Waals surface area contributed by atoms with Crippen molar-refractivity contribution < 1.29 is 9.47 Å². The predicted molar refractivity (Wildman–Crippen MR) is 110 cm³/mol. The second-order valence-corrected chi connectivity index (χ2v) is 8.56. The molecule has 0 aliphatic carbocycles. The van der Waals surface area contributed by atoms with Crippen LogP contribution in [-0.2, 0) is 6.42 Å². The zero-order valence-corrected chi connectivity index (χ0v) is 17.2. The molecule has 0 radical (unpaired) electrons. The van der Waals surface area contributed by atoms with Gasteiger partial charge in [0.1, 0.15) is 5.60 Å². The number of aromatic nitrogens is 1. The van der Waals surface area contributed by atoms with Crippen LogP contribution < -0.4 is 14.8 Å². The molecule has 0 spiro atoms. The van der Waals surface area contributed by atoms with Gasteiger partial charge >= 0.3 is 0 Å². The quantitative estimate of drug-likeness (QED) is 0.547. The molecule has 134 valence electrons. The molecule has 2 aromatic carbocycles. The summed E-state index contributed by atoms with van der Waals surface area (Å²) in [6, 6.07) is 12.2. The van der Waals surface area contributed by atoms with Crippen LogP contribution in [0.1, 0.15) is 19.4 Å². The number of benzene rings is 2. The van der Waals surface area contributed by atoms with Crippen molar-refractivity contribution in [2.24, 2.45) is 0 Å². The maximum absolute atomic E-state index is 6.04. The molecule has 1 aliphatic heterocycles. The van der Waals surface area contributed by atoms with E-state index in [0.29, 0.717) is 0 Å². The van der Waals surface area contributed by atoms with Gasteiger partial charge in [-0.3, -0.25) is 0 Å². The molecule has 0 unspecified atom stereocenters. The van der Waals surface area contributed by atoms with Gasteiger partial charge in [-0.25, -0.2) is 4.98 Å². The Bertz CT molecular complexity index is 968. The lowest BCUT2D eigenvalue weighted by Crippen LogP contribution is -2.24. The van der Waals surface area contributed by atoms with Crippen LogP contribution in [0.3, 0.4) is 0 Å². The first-order valence-corrected chi connectivity index (χ1v) is 10.00. The van der Waals surface area contributed by atoms with Crippen molar-refractivity contribution in [3.8, 4) is 22.8 Å². The molecule has 0 amide bonds. The largest absolute Gasteiger partial charge is 0.493 e. The molecule has 6 heteroatoms. The molecule has 3 aromatic rings. The summed E-state index contributed by atoms with van der Waals surface area (Å²) >= 11 is 5.13. The molecular formula is C20H19BrN2O2S. The number of halogens is 1. The summed E-state index contributed by atoms with van der Waals surface area (Å²) in [6.45, 7) is 4.18. The van der Waals surface area contributed by atoms with Gasteiger partial charge in [0.2, 0.25) is 0 Å². The zero-order valence-electron chi connectivity index (χ0n) is 14.8. The first kappa shape index (κ1) is 17.4. The van der Waals surface area contributed by atoms with Crippen LogP contribution in [0.4, 0.5) is 10.8 Å².